The Morgan fingerprint density at radius 3 is 2.49 bits per heavy atom. The number of amides is 2. The lowest BCUT2D eigenvalue weighted by Gasteiger charge is -2.24. The number of anilines is 2. The largest absolute Gasteiger partial charge is 0.442 e. The molecular formula is C21H20ClF2N7O4. The van der Waals surface area contributed by atoms with Crippen molar-refractivity contribution in [3.05, 3.63) is 45.3 Å². The van der Waals surface area contributed by atoms with Crippen molar-refractivity contribution < 1.29 is 23.1 Å². The first-order valence-electron chi connectivity index (χ1n) is 10.8. The van der Waals surface area contributed by atoms with Gasteiger partial charge in [-0.1, -0.05) is 11.6 Å². The zero-order valence-corrected chi connectivity index (χ0v) is 19.3. The summed E-state index contributed by atoms with van der Waals surface area (Å²) in [6.45, 7) is 2.23. The first-order chi connectivity index (χ1) is 16.7. The third kappa shape index (κ3) is 4.16. The quantitative estimate of drug-likeness (QED) is 0.569. The molecule has 3 aromatic rings. The van der Waals surface area contributed by atoms with Crippen LogP contribution in [0.2, 0.25) is 5.15 Å². The minimum atomic E-state index is -0.853. The topological polar surface area (TPSA) is 115 Å². The number of benzene rings is 1. The van der Waals surface area contributed by atoms with Gasteiger partial charge in [-0.2, -0.15) is 0 Å². The van der Waals surface area contributed by atoms with Crippen LogP contribution in [-0.2, 0) is 22.6 Å². The van der Waals surface area contributed by atoms with E-state index in [1.807, 2.05) is 0 Å². The van der Waals surface area contributed by atoms with Gasteiger partial charge in [-0.15, -0.1) is 10.2 Å². The third-order valence-corrected chi connectivity index (χ3v) is 6.18. The maximum absolute atomic E-state index is 15.2. The number of carbonyl (C=O) groups excluding carboxylic acids is 2. The van der Waals surface area contributed by atoms with E-state index in [4.69, 9.17) is 16.3 Å². The summed E-state index contributed by atoms with van der Waals surface area (Å²) in [6, 6.07) is 3.59. The van der Waals surface area contributed by atoms with Crippen LogP contribution in [-0.4, -0.2) is 63.8 Å². The molecule has 5 rings (SSSR count). The molecule has 0 aliphatic carbocycles. The fraction of sp³-hybridized carbons (Fsp3) is 0.381. The number of ether oxygens (including phenoxy) is 1. The van der Waals surface area contributed by atoms with Crippen LogP contribution in [0.1, 0.15) is 6.92 Å². The second kappa shape index (κ2) is 8.80. The summed E-state index contributed by atoms with van der Waals surface area (Å²) in [5.74, 6) is -1.99. The van der Waals surface area contributed by atoms with Crippen molar-refractivity contribution in [1.29, 1.82) is 0 Å². The van der Waals surface area contributed by atoms with E-state index in [2.05, 4.69) is 15.5 Å². The lowest BCUT2D eigenvalue weighted by molar-refractivity contribution is -0.119. The van der Waals surface area contributed by atoms with Gasteiger partial charge in [0.05, 0.1) is 37.3 Å². The Morgan fingerprint density at radius 2 is 1.80 bits per heavy atom. The number of rotatable bonds is 4. The van der Waals surface area contributed by atoms with Crippen LogP contribution in [0, 0.1) is 11.6 Å². The van der Waals surface area contributed by atoms with E-state index in [-0.39, 0.29) is 67.3 Å². The van der Waals surface area contributed by atoms with E-state index in [9.17, 15) is 14.4 Å². The summed E-state index contributed by atoms with van der Waals surface area (Å²) in [5.41, 5.74) is -0.210. The van der Waals surface area contributed by atoms with Crippen LogP contribution in [0.5, 0.6) is 0 Å². The maximum Gasteiger partial charge on any atom is 0.414 e. The van der Waals surface area contributed by atoms with Gasteiger partial charge in [-0.3, -0.25) is 19.2 Å². The molecule has 2 aliphatic heterocycles. The van der Waals surface area contributed by atoms with E-state index < -0.39 is 23.8 Å². The van der Waals surface area contributed by atoms with Crippen molar-refractivity contribution in [2.75, 3.05) is 36.0 Å². The molecule has 1 N–H and O–H groups in total. The molecule has 14 heteroatoms. The molecule has 1 atom stereocenters. The Hall–Kier alpha value is -3.74. The second-order valence-corrected chi connectivity index (χ2v) is 8.64. The van der Waals surface area contributed by atoms with Gasteiger partial charge in [-0.25, -0.2) is 18.3 Å². The minimum absolute atomic E-state index is 0.00882. The SMILES string of the molecule is CC(=O)NC[C@H]1CN(c2cc(F)c(N3CCn4c(=O)c5cc(Cl)nnc5n4CC3)c(F)c2)C(=O)O1. The van der Waals surface area contributed by atoms with Gasteiger partial charge >= 0.3 is 6.09 Å². The van der Waals surface area contributed by atoms with E-state index >= 15 is 8.78 Å². The molecule has 2 amide bonds. The van der Waals surface area contributed by atoms with Crippen molar-refractivity contribution in [3.63, 3.8) is 0 Å². The van der Waals surface area contributed by atoms with Crippen LogP contribution in [0.3, 0.4) is 0 Å². The second-order valence-electron chi connectivity index (χ2n) is 8.25. The number of nitrogens with zero attached hydrogens (tertiary/aromatic N) is 6. The number of hydrogen-bond acceptors (Lipinski definition) is 7. The Labute approximate surface area is 201 Å². The van der Waals surface area contributed by atoms with Crippen molar-refractivity contribution in [2.45, 2.75) is 26.1 Å². The van der Waals surface area contributed by atoms with E-state index in [1.54, 1.807) is 4.68 Å². The van der Waals surface area contributed by atoms with Crippen molar-refractivity contribution >= 4 is 46.0 Å². The molecular weight excluding hydrogens is 488 g/mol. The molecule has 1 saturated heterocycles. The van der Waals surface area contributed by atoms with E-state index in [0.29, 0.717) is 11.0 Å². The fourth-order valence-electron chi connectivity index (χ4n) is 4.39. The molecule has 1 fully saturated rings. The zero-order chi connectivity index (χ0) is 24.9. The molecule has 1 aromatic carbocycles. The summed E-state index contributed by atoms with van der Waals surface area (Å²) in [4.78, 5) is 38.7. The number of aromatic nitrogens is 4. The van der Waals surface area contributed by atoms with Crippen LogP contribution in [0.15, 0.2) is 23.0 Å². The Bertz CT molecular complexity index is 1390. The highest BCUT2D eigenvalue weighted by Gasteiger charge is 2.34. The monoisotopic (exact) mass is 507 g/mol. The first-order valence-corrected chi connectivity index (χ1v) is 11.2. The number of fused-ring (bicyclic) bond motifs is 3. The normalized spacial score (nSPS) is 17.9. The van der Waals surface area contributed by atoms with Gasteiger partial charge < -0.3 is 15.0 Å². The third-order valence-electron chi connectivity index (χ3n) is 5.99. The lowest BCUT2D eigenvalue weighted by atomic mass is 10.2. The molecule has 0 saturated carbocycles. The lowest BCUT2D eigenvalue weighted by Crippen LogP contribution is -2.33. The Morgan fingerprint density at radius 1 is 1.11 bits per heavy atom. The van der Waals surface area contributed by atoms with Gasteiger partial charge in [-0.05, 0) is 6.07 Å². The molecule has 2 aliphatic rings. The average Bonchev–Trinajstić information content (AvgIpc) is 3.20. The van der Waals surface area contributed by atoms with Gasteiger partial charge in [0.15, 0.2) is 22.4 Å². The molecule has 35 heavy (non-hydrogen) atoms. The van der Waals surface area contributed by atoms with Crippen LogP contribution < -0.4 is 20.7 Å². The molecule has 184 valence electrons. The maximum atomic E-state index is 15.2. The fourth-order valence-corrected chi connectivity index (χ4v) is 4.54. The Kier molecular flexibility index (Phi) is 5.79. The summed E-state index contributed by atoms with van der Waals surface area (Å²) in [5, 5.41) is 10.8. The number of carbonyl (C=O) groups is 2. The van der Waals surface area contributed by atoms with Gasteiger partial charge in [0, 0.05) is 32.1 Å². The zero-order valence-electron chi connectivity index (χ0n) is 18.5. The average molecular weight is 508 g/mol. The van der Waals surface area contributed by atoms with Crippen molar-refractivity contribution in [3.8, 4) is 0 Å². The summed E-state index contributed by atoms with van der Waals surface area (Å²) >= 11 is 5.86. The van der Waals surface area contributed by atoms with Crippen LogP contribution >= 0.6 is 11.6 Å². The van der Waals surface area contributed by atoms with Crippen molar-refractivity contribution in [2.24, 2.45) is 0 Å². The first kappa shape index (κ1) is 23.0. The molecule has 2 aromatic heterocycles. The molecule has 0 bridgehead atoms. The van der Waals surface area contributed by atoms with Gasteiger partial charge in [0.2, 0.25) is 5.91 Å². The van der Waals surface area contributed by atoms with Gasteiger partial charge in [0.1, 0.15) is 11.8 Å². The minimum Gasteiger partial charge on any atom is -0.442 e. The summed E-state index contributed by atoms with van der Waals surface area (Å²) < 4.78 is 38.6. The number of nitrogens with one attached hydrogen (secondary N) is 1. The van der Waals surface area contributed by atoms with Gasteiger partial charge in [0.25, 0.3) is 5.56 Å². The molecule has 11 nitrogen and oxygen atoms in total. The highest BCUT2D eigenvalue weighted by Crippen LogP contribution is 2.31. The number of hydrogen-bond donors (Lipinski definition) is 1. The predicted octanol–water partition coefficient (Wildman–Crippen LogP) is 1.51. The number of halogens is 3. The standard InChI is InChI=1S/C21H20ClF2N7O4/c1-11(32)25-9-13-10-29(21(34)35-13)12-6-15(23)18(16(24)7-12)28-2-4-30-19-14(8-17(22)26-27-19)20(33)31(30)5-3-28/h6-8,13H,2-5,9-10H2,1H3,(H,25,32)/t13-/m0/s1. The van der Waals surface area contributed by atoms with Crippen LogP contribution in [0.25, 0.3) is 11.0 Å². The van der Waals surface area contributed by atoms with E-state index in [0.717, 1.165) is 17.0 Å². The molecule has 0 spiro atoms. The molecule has 0 unspecified atom stereocenters. The van der Waals surface area contributed by atoms with E-state index in [1.165, 1.54) is 22.6 Å². The molecule has 4 heterocycles. The predicted molar refractivity (Wildman–Crippen MR) is 122 cm³/mol. The Balaban J connectivity index is 1.37. The highest BCUT2D eigenvalue weighted by molar-refractivity contribution is 6.29. The number of cyclic esters (lactones) is 1. The van der Waals surface area contributed by atoms with Crippen molar-refractivity contribution in [1.82, 2.24) is 24.9 Å². The highest BCUT2D eigenvalue weighted by atomic mass is 35.5. The summed E-state index contributed by atoms with van der Waals surface area (Å²) in [6.07, 6.45) is -1.39. The van der Waals surface area contributed by atoms with Crippen LogP contribution in [0.4, 0.5) is 25.0 Å². The summed E-state index contributed by atoms with van der Waals surface area (Å²) in [7, 11) is 0. The molecule has 0 radical (unpaired) electrons. The smallest absolute Gasteiger partial charge is 0.414 e.